The third kappa shape index (κ3) is 5.70. The first kappa shape index (κ1) is 22.8. The molecule has 4 rings (SSSR count). The summed E-state index contributed by atoms with van der Waals surface area (Å²) in [6.45, 7) is 6.99. The van der Waals surface area contributed by atoms with Crippen molar-refractivity contribution < 1.29 is 9.53 Å². The van der Waals surface area contributed by atoms with Crippen molar-refractivity contribution in [3.8, 4) is 5.75 Å². The van der Waals surface area contributed by atoms with Gasteiger partial charge in [0, 0.05) is 49.3 Å². The van der Waals surface area contributed by atoms with Gasteiger partial charge in [0.05, 0.1) is 0 Å². The third-order valence-corrected chi connectivity index (χ3v) is 5.87. The number of anilines is 4. The Balaban J connectivity index is 1.41. The number of nitrogens with one attached hydrogen (secondary N) is 2. The molecule has 1 saturated heterocycles. The topological polar surface area (TPSA) is 92.3 Å². The van der Waals surface area contributed by atoms with Crippen molar-refractivity contribution in [2.24, 2.45) is 0 Å². The first-order valence-corrected chi connectivity index (χ1v) is 11.3. The van der Waals surface area contributed by atoms with Crippen LogP contribution in [0.3, 0.4) is 0 Å². The number of hydrogen-bond donors (Lipinski definition) is 2. The third-order valence-electron chi connectivity index (χ3n) is 5.62. The van der Waals surface area contributed by atoms with Crippen LogP contribution in [-0.4, -0.2) is 40.1 Å². The van der Waals surface area contributed by atoms with E-state index in [1.807, 2.05) is 50.2 Å². The number of ether oxygens (including phenoxy) is 1. The van der Waals surface area contributed by atoms with E-state index in [2.05, 4.69) is 30.5 Å². The summed E-state index contributed by atoms with van der Waals surface area (Å²) in [5.74, 6) is 1.81. The first-order valence-electron chi connectivity index (χ1n) is 10.9. The predicted molar refractivity (Wildman–Crippen MR) is 131 cm³/mol. The van der Waals surface area contributed by atoms with Gasteiger partial charge in [-0.3, -0.25) is 4.79 Å². The van der Waals surface area contributed by atoms with Gasteiger partial charge in [0.1, 0.15) is 18.2 Å². The lowest BCUT2D eigenvalue weighted by Crippen LogP contribution is -2.39. The number of carbonyl (C=O) groups excluding carboxylic acids is 1. The summed E-state index contributed by atoms with van der Waals surface area (Å²) in [7, 11) is 0. The predicted octanol–water partition coefficient (Wildman–Crippen LogP) is 4.89. The molecular weight excluding hydrogens is 440 g/mol. The largest absolute Gasteiger partial charge is 0.490 e. The van der Waals surface area contributed by atoms with E-state index in [-0.39, 0.29) is 12.0 Å². The molecule has 0 unspecified atom stereocenters. The highest BCUT2D eigenvalue weighted by Crippen LogP contribution is 2.29. The molecule has 8 nitrogen and oxygen atoms in total. The molecule has 172 valence electrons. The number of rotatable bonds is 6. The number of benzene rings is 2. The molecule has 1 aliphatic rings. The molecule has 0 spiro atoms. The van der Waals surface area contributed by atoms with Gasteiger partial charge in [0.25, 0.3) is 0 Å². The number of piperidine rings is 1. The zero-order chi connectivity index (χ0) is 23.4. The van der Waals surface area contributed by atoms with Crippen molar-refractivity contribution in [1.29, 1.82) is 0 Å². The summed E-state index contributed by atoms with van der Waals surface area (Å²) >= 11 is 5.95. The molecule has 3 aromatic rings. The molecule has 1 aliphatic heterocycles. The van der Waals surface area contributed by atoms with Gasteiger partial charge in [-0.15, -0.1) is 0 Å². The SMILES string of the molecule is CC(=O)Nc1c(C)ccc(Nc2ncnc(N3CCC(Oc4ccc(Cl)cc4)CC3)n2)c1C. The molecule has 0 radical (unpaired) electrons. The Kier molecular flexibility index (Phi) is 6.93. The fraction of sp³-hybridized carbons (Fsp3) is 0.333. The van der Waals surface area contributed by atoms with E-state index in [4.69, 9.17) is 16.3 Å². The van der Waals surface area contributed by atoms with Crippen LogP contribution >= 0.6 is 11.6 Å². The van der Waals surface area contributed by atoms with Gasteiger partial charge in [0.15, 0.2) is 0 Å². The Morgan fingerprint density at radius 2 is 1.82 bits per heavy atom. The summed E-state index contributed by atoms with van der Waals surface area (Å²) in [4.78, 5) is 27.0. The summed E-state index contributed by atoms with van der Waals surface area (Å²) < 4.78 is 6.08. The van der Waals surface area contributed by atoms with Gasteiger partial charge in [-0.05, 0) is 55.3 Å². The highest BCUT2D eigenvalue weighted by molar-refractivity contribution is 6.30. The first-order chi connectivity index (χ1) is 15.9. The minimum absolute atomic E-state index is 0.107. The molecule has 1 aromatic heterocycles. The minimum atomic E-state index is -0.107. The number of hydrogen-bond acceptors (Lipinski definition) is 7. The van der Waals surface area contributed by atoms with Crippen LogP contribution in [0.4, 0.5) is 23.3 Å². The van der Waals surface area contributed by atoms with E-state index in [1.54, 1.807) is 0 Å². The van der Waals surface area contributed by atoms with Crippen molar-refractivity contribution >= 4 is 40.8 Å². The molecule has 2 N–H and O–H groups in total. The minimum Gasteiger partial charge on any atom is -0.490 e. The Morgan fingerprint density at radius 1 is 1.09 bits per heavy atom. The summed E-state index contributed by atoms with van der Waals surface area (Å²) in [6, 6.07) is 11.4. The van der Waals surface area contributed by atoms with E-state index in [1.165, 1.54) is 13.3 Å². The number of halogens is 1. The van der Waals surface area contributed by atoms with E-state index in [0.29, 0.717) is 16.9 Å². The Hall–Kier alpha value is -3.39. The Morgan fingerprint density at radius 3 is 2.52 bits per heavy atom. The van der Waals surface area contributed by atoms with Crippen LogP contribution in [0.5, 0.6) is 5.75 Å². The lowest BCUT2D eigenvalue weighted by Gasteiger charge is -2.32. The molecule has 0 saturated carbocycles. The zero-order valence-corrected chi connectivity index (χ0v) is 19.7. The van der Waals surface area contributed by atoms with Crippen LogP contribution in [-0.2, 0) is 4.79 Å². The van der Waals surface area contributed by atoms with Crippen LogP contribution in [0.15, 0.2) is 42.7 Å². The van der Waals surface area contributed by atoms with E-state index in [9.17, 15) is 4.79 Å². The molecule has 0 bridgehead atoms. The smallest absolute Gasteiger partial charge is 0.232 e. The van der Waals surface area contributed by atoms with E-state index in [0.717, 1.165) is 54.2 Å². The maximum atomic E-state index is 11.6. The highest BCUT2D eigenvalue weighted by atomic mass is 35.5. The van der Waals surface area contributed by atoms with Gasteiger partial charge in [-0.25, -0.2) is 9.97 Å². The summed E-state index contributed by atoms with van der Waals surface area (Å²) in [5.41, 5.74) is 3.54. The van der Waals surface area contributed by atoms with Crippen LogP contribution in [0, 0.1) is 13.8 Å². The average Bonchev–Trinajstić information content (AvgIpc) is 2.81. The Bertz CT molecular complexity index is 1130. The monoisotopic (exact) mass is 466 g/mol. The molecule has 1 fully saturated rings. The lowest BCUT2D eigenvalue weighted by atomic mass is 10.1. The number of aryl methyl sites for hydroxylation is 1. The van der Waals surface area contributed by atoms with Crippen molar-refractivity contribution in [1.82, 2.24) is 15.0 Å². The van der Waals surface area contributed by atoms with Crippen LogP contribution in [0.1, 0.15) is 30.9 Å². The molecule has 0 atom stereocenters. The molecule has 9 heteroatoms. The Labute approximate surface area is 198 Å². The standard InChI is InChI=1S/C24H27ClN6O2/c1-15-4-9-21(16(2)22(15)28-17(3)32)29-23-26-14-27-24(30-23)31-12-10-20(11-13-31)33-19-7-5-18(25)6-8-19/h4-9,14,20H,10-13H2,1-3H3,(H,28,32)(H,26,27,29,30). The van der Waals surface area contributed by atoms with E-state index < -0.39 is 0 Å². The van der Waals surface area contributed by atoms with Gasteiger partial charge < -0.3 is 20.3 Å². The second-order valence-corrected chi connectivity index (χ2v) is 8.54. The number of carbonyl (C=O) groups is 1. The quantitative estimate of drug-likeness (QED) is 0.534. The summed E-state index contributed by atoms with van der Waals surface area (Å²) in [5, 5.41) is 6.86. The zero-order valence-electron chi connectivity index (χ0n) is 18.9. The van der Waals surface area contributed by atoms with Crippen LogP contribution in [0.25, 0.3) is 0 Å². The molecule has 2 aromatic carbocycles. The lowest BCUT2D eigenvalue weighted by molar-refractivity contribution is -0.114. The van der Waals surface area contributed by atoms with Crippen molar-refractivity contribution in [3.05, 3.63) is 58.9 Å². The van der Waals surface area contributed by atoms with E-state index >= 15 is 0 Å². The fourth-order valence-corrected chi connectivity index (χ4v) is 3.98. The van der Waals surface area contributed by atoms with Gasteiger partial charge >= 0.3 is 0 Å². The normalized spacial score (nSPS) is 14.1. The van der Waals surface area contributed by atoms with Crippen LogP contribution < -0.4 is 20.3 Å². The average molecular weight is 467 g/mol. The second-order valence-electron chi connectivity index (χ2n) is 8.10. The fourth-order valence-electron chi connectivity index (χ4n) is 3.85. The van der Waals surface area contributed by atoms with Crippen molar-refractivity contribution in [2.75, 3.05) is 28.6 Å². The van der Waals surface area contributed by atoms with Crippen molar-refractivity contribution in [2.45, 2.75) is 39.7 Å². The molecular formula is C24H27ClN6O2. The van der Waals surface area contributed by atoms with Crippen LogP contribution in [0.2, 0.25) is 5.02 Å². The highest BCUT2D eigenvalue weighted by Gasteiger charge is 2.23. The second kappa shape index (κ2) is 10.0. The maximum absolute atomic E-state index is 11.6. The van der Waals surface area contributed by atoms with Gasteiger partial charge in [-0.1, -0.05) is 17.7 Å². The van der Waals surface area contributed by atoms with Crippen molar-refractivity contribution in [3.63, 3.8) is 0 Å². The number of nitrogens with zero attached hydrogens (tertiary/aromatic N) is 4. The molecule has 33 heavy (non-hydrogen) atoms. The molecule has 0 aliphatic carbocycles. The number of aromatic nitrogens is 3. The van der Waals surface area contributed by atoms with Gasteiger partial charge in [0.2, 0.25) is 17.8 Å². The van der Waals surface area contributed by atoms with Gasteiger partial charge in [-0.2, -0.15) is 4.98 Å². The number of amides is 1. The summed E-state index contributed by atoms with van der Waals surface area (Å²) in [6.07, 6.45) is 3.39. The maximum Gasteiger partial charge on any atom is 0.232 e. The molecule has 1 amide bonds. The molecule has 2 heterocycles.